The van der Waals surface area contributed by atoms with Crippen LogP contribution in [0.1, 0.15) is 85.0 Å². The summed E-state index contributed by atoms with van der Waals surface area (Å²) in [4.78, 5) is 12.0. The zero-order valence-electron chi connectivity index (χ0n) is 25.8. The summed E-state index contributed by atoms with van der Waals surface area (Å²) in [5, 5.41) is 0. The van der Waals surface area contributed by atoms with Crippen LogP contribution in [0.3, 0.4) is 0 Å². The highest BCUT2D eigenvalue weighted by molar-refractivity contribution is 6.70. The number of methoxy groups -OCH3 is 1. The van der Waals surface area contributed by atoms with Crippen molar-refractivity contribution >= 4 is 22.6 Å². The Labute approximate surface area is 230 Å². The van der Waals surface area contributed by atoms with Gasteiger partial charge in [-0.15, -0.1) is 0 Å². The van der Waals surface area contributed by atoms with Crippen molar-refractivity contribution in [2.24, 2.45) is 46.3 Å². The second-order valence-electron chi connectivity index (χ2n) is 15.9. The molecule has 0 heterocycles. The van der Waals surface area contributed by atoms with Crippen LogP contribution in [0.5, 0.6) is 0 Å². The third kappa shape index (κ3) is 5.97. The van der Waals surface area contributed by atoms with E-state index in [0.29, 0.717) is 35.9 Å². The minimum absolute atomic E-state index is 0.0647. The maximum Gasteiger partial charge on any atom is 0.305 e. The second kappa shape index (κ2) is 10.7. The molecular weight excluding hydrogens is 493 g/mol. The highest BCUT2D eigenvalue weighted by Gasteiger charge is 2.64. The monoisotopic (exact) mass is 550 g/mol. The molecular formula is C31H58O4Si2. The third-order valence-electron chi connectivity index (χ3n) is 11.5. The van der Waals surface area contributed by atoms with Crippen LogP contribution >= 0.6 is 0 Å². The van der Waals surface area contributed by atoms with Gasteiger partial charge >= 0.3 is 5.97 Å². The Morgan fingerprint density at radius 1 is 0.892 bits per heavy atom. The average molecular weight is 551 g/mol. The van der Waals surface area contributed by atoms with Gasteiger partial charge in [-0.05, 0) is 143 Å². The van der Waals surface area contributed by atoms with E-state index in [4.69, 9.17) is 13.6 Å². The third-order valence-corrected chi connectivity index (χ3v) is 13.5. The quantitative estimate of drug-likeness (QED) is 0.225. The summed E-state index contributed by atoms with van der Waals surface area (Å²) < 4.78 is 18.9. The van der Waals surface area contributed by atoms with Crippen LogP contribution in [0.25, 0.3) is 0 Å². The molecule has 4 nitrogen and oxygen atoms in total. The van der Waals surface area contributed by atoms with Crippen LogP contribution in [0.4, 0.5) is 0 Å². The summed E-state index contributed by atoms with van der Waals surface area (Å²) in [7, 11) is -1.70. The molecule has 0 radical (unpaired) electrons. The molecule has 4 rings (SSSR count). The molecule has 0 N–H and O–H groups in total. The van der Waals surface area contributed by atoms with Crippen LogP contribution in [0.2, 0.25) is 39.3 Å². The SMILES string of the molecule is COC(=O)CC[C@@H](C)[C@H]1CC[C@H]2[C@@H]3CC[C@H]4C[C@@H](O[Si](C)(C)C)CC[C@]4(C)[C@H]3C[C@H](O[Si](C)(C)C)[C@]12C. The molecule has 0 aromatic carbocycles. The lowest BCUT2D eigenvalue weighted by molar-refractivity contribution is -0.169. The van der Waals surface area contributed by atoms with Crippen molar-refractivity contribution in [3.8, 4) is 0 Å². The van der Waals surface area contributed by atoms with Gasteiger partial charge in [0.2, 0.25) is 0 Å². The molecule has 37 heavy (non-hydrogen) atoms. The normalized spacial score (nSPS) is 42.9. The van der Waals surface area contributed by atoms with Crippen molar-refractivity contribution < 1.29 is 18.4 Å². The first-order valence-electron chi connectivity index (χ1n) is 15.5. The van der Waals surface area contributed by atoms with Gasteiger partial charge in [-0.1, -0.05) is 20.8 Å². The van der Waals surface area contributed by atoms with Gasteiger partial charge in [-0.2, -0.15) is 0 Å². The predicted molar refractivity (Wildman–Crippen MR) is 157 cm³/mol. The number of hydrogen-bond donors (Lipinski definition) is 0. The Balaban J connectivity index is 1.59. The largest absolute Gasteiger partial charge is 0.469 e. The van der Waals surface area contributed by atoms with Gasteiger partial charge in [-0.3, -0.25) is 4.79 Å². The Hall–Kier alpha value is -0.176. The highest BCUT2D eigenvalue weighted by Crippen LogP contribution is 2.69. The molecule has 10 atom stereocenters. The van der Waals surface area contributed by atoms with Crippen molar-refractivity contribution in [3.05, 3.63) is 0 Å². The molecule has 0 saturated heterocycles. The van der Waals surface area contributed by atoms with E-state index in [2.05, 4.69) is 60.1 Å². The van der Waals surface area contributed by atoms with Crippen molar-refractivity contribution in [2.75, 3.05) is 7.11 Å². The van der Waals surface area contributed by atoms with Gasteiger partial charge in [-0.25, -0.2) is 0 Å². The van der Waals surface area contributed by atoms with Crippen molar-refractivity contribution in [1.29, 1.82) is 0 Å². The van der Waals surface area contributed by atoms with Crippen LogP contribution in [0, 0.1) is 46.3 Å². The van der Waals surface area contributed by atoms with E-state index in [1.807, 2.05) is 0 Å². The molecule has 0 bridgehead atoms. The van der Waals surface area contributed by atoms with Crippen molar-refractivity contribution in [1.82, 2.24) is 0 Å². The van der Waals surface area contributed by atoms with Gasteiger partial charge in [0.1, 0.15) is 0 Å². The zero-order chi connectivity index (χ0) is 27.4. The van der Waals surface area contributed by atoms with Crippen LogP contribution in [-0.4, -0.2) is 41.9 Å². The molecule has 0 aromatic heterocycles. The van der Waals surface area contributed by atoms with E-state index in [1.54, 1.807) is 0 Å². The fraction of sp³-hybridized carbons (Fsp3) is 0.968. The van der Waals surface area contributed by atoms with Gasteiger partial charge in [0, 0.05) is 12.5 Å². The van der Waals surface area contributed by atoms with E-state index in [-0.39, 0.29) is 11.4 Å². The van der Waals surface area contributed by atoms with E-state index >= 15 is 0 Å². The summed E-state index contributed by atoms with van der Waals surface area (Å²) >= 11 is 0. The summed E-state index contributed by atoms with van der Waals surface area (Å²) in [6.07, 6.45) is 12.8. The molecule has 0 aromatic rings. The second-order valence-corrected chi connectivity index (χ2v) is 24.8. The number of ether oxygens (including phenoxy) is 1. The molecule has 214 valence electrons. The first kappa shape index (κ1) is 29.8. The van der Waals surface area contributed by atoms with E-state index in [9.17, 15) is 4.79 Å². The zero-order valence-corrected chi connectivity index (χ0v) is 27.8. The number of fused-ring (bicyclic) bond motifs is 5. The number of esters is 1. The Kier molecular flexibility index (Phi) is 8.59. The topological polar surface area (TPSA) is 44.8 Å². The average Bonchev–Trinajstić information content (AvgIpc) is 3.14. The van der Waals surface area contributed by atoms with E-state index in [1.165, 1.54) is 58.5 Å². The van der Waals surface area contributed by atoms with Gasteiger partial charge in [0.15, 0.2) is 16.6 Å². The van der Waals surface area contributed by atoms with Gasteiger partial charge in [0.05, 0.1) is 13.2 Å². The van der Waals surface area contributed by atoms with Crippen molar-refractivity contribution in [3.63, 3.8) is 0 Å². The van der Waals surface area contributed by atoms with Gasteiger partial charge < -0.3 is 13.6 Å². The van der Waals surface area contributed by atoms with Crippen LogP contribution in [-0.2, 0) is 18.4 Å². The molecule has 0 aliphatic heterocycles. The molecule has 4 fully saturated rings. The lowest BCUT2D eigenvalue weighted by Crippen LogP contribution is -2.60. The minimum Gasteiger partial charge on any atom is -0.469 e. The van der Waals surface area contributed by atoms with Crippen LogP contribution in [0.15, 0.2) is 0 Å². The number of carbonyl (C=O) groups excluding carboxylic acids is 1. The first-order valence-corrected chi connectivity index (χ1v) is 22.3. The molecule has 4 aliphatic rings. The summed E-state index contributed by atoms with van der Waals surface area (Å²) in [5.41, 5.74) is 0.650. The Bertz CT molecular complexity index is 819. The van der Waals surface area contributed by atoms with Crippen molar-refractivity contribution in [2.45, 2.75) is 136 Å². The molecule has 4 aliphatic carbocycles. The lowest BCUT2D eigenvalue weighted by Gasteiger charge is -2.64. The van der Waals surface area contributed by atoms with Crippen LogP contribution < -0.4 is 0 Å². The molecule has 4 saturated carbocycles. The summed E-state index contributed by atoms with van der Waals surface area (Å²) in [6, 6.07) is 0. The fourth-order valence-electron chi connectivity index (χ4n) is 9.97. The Morgan fingerprint density at radius 2 is 1.57 bits per heavy atom. The molecule has 0 unspecified atom stereocenters. The number of carbonyl (C=O) groups is 1. The lowest BCUT2D eigenvalue weighted by atomic mass is 9.43. The van der Waals surface area contributed by atoms with Gasteiger partial charge in [0.25, 0.3) is 0 Å². The van der Waals surface area contributed by atoms with E-state index in [0.717, 1.165) is 30.1 Å². The highest BCUT2D eigenvalue weighted by atomic mass is 28.4. The molecule has 6 heteroatoms. The van der Waals surface area contributed by atoms with E-state index < -0.39 is 16.6 Å². The number of rotatable bonds is 8. The molecule has 0 amide bonds. The predicted octanol–water partition coefficient (Wildman–Crippen LogP) is 8.28. The maximum atomic E-state index is 12.0. The molecule has 0 spiro atoms. The summed E-state index contributed by atoms with van der Waals surface area (Å²) in [6.45, 7) is 21.9. The maximum absolute atomic E-state index is 12.0. The standard InChI is InChI=1S/C31H58O4Si2/c1-21(11-16-29(32)33-4)25-14-15-26-24-13-12-22-19-23(34-36(5,6)7)17-18-30(22,2)27(24)20-28(31(25,26)3)35-37(8,9)10/h21-28H,11-20H2,1-10H3/t21-,22+,23+,24+,25-,26+,27+,28+,30+,31-/m1/s1. The summed E-state index contributed by atoms with van der Waals surface area (Å²) in [5.74, 6) is 4.27. The fourth-order valence-corrected chi connectivity index (χ4v) is 12.4. The minimum atomic E-state index is -1.71. The number of hydrogen-bond acceptors (Lipinski definition) is 4. The first-order chi connectivity index (χ1) is 17.1. The smallest absolute Gasteiger partial charge is 0.305 e. The Morgan fingerprint density at radius 3 is 2.19 bits per heavy atom.